The number of fused-ring (bicyclic) bond motifs is 3. The van der Waals surface area contributed by atoms with Crippen LogP contribution in [-0.4, -0.2) is 62.7 Å². The van der Waals surface area contributed by atoms with Crippen LogP contribution in [0.25, 0.3) is 0 Å². The summed E-state index contributed by atoms with van der Waals surface area (Å²) in [6.45, 7) is 3.66. The first kappa shape index (κ1) is 19.6. The second kappa shape index (κ2) is 9.20. The van der Waals surface area contributed by atoms with Gasteiger partial charge in [-0.3, -0.25) is 0 Å². The average Bonchev–Trinajstić information content (AvgIpc) is 2.62. The van der Waals surface area contributed by atoms with Crippen molar-refractivity contribution in [3.05, 3.63) is 29.8 Å². The minimum absolute atomic E-state index is 0.394. The van der Waals surface area contributed by atoms with Crippen LogP contribution in [0.1, 0.15) is 44.1 Å². The number of piperidine rings is 1. The lowest BCUT2D eigenvalue weighted by atomic mass is 9.95. The third kappa shape index (κ3) is 5.69. The molecule has 146 valence electrons. The zero-order valence-electron chi connectivity index (χ0n) is 15.9. The highest BCUT2D eigenvalue weighted by Crippen LogP contribution is 2.23. The van der Waals surface area contributed by atoms with Crippen molar-refractivity contribution in [3.8, 4) is 5.75 Å². The summed E-state index contributed by atoms with van der Waals surface area (Å²) in [5.41, 5.74) is 1.31. The van der Waals surface area contributed by atoms with Crippen LogP contribution >= 0.6 is 0 Å². The predicted molar refractivity (Wildman–Crippen MR) is 105 cm³/mol. The summed E-state index contributed by atoms with van der Waals surface area (Å²) in [4.78, 5) is 2.63. The highest BCUT2D eigenvalue weighted by Gasteiger charge is 2.22. The normalized spacial score (nSPS) is 24.7. The Morgan fingerprint density at radius 3 is 2.58 bits per heavy atom. The Labute approximate surface area is 158 Å². The van der Waals surface area contributed by atoms with Gasteiger partial charge in [-0.1, -0.05) is 18.6 Å². The maximum Gasteiger partial charge on any atom is 0.211 e. The molecule has 2 aliphatic rings. The van der Waals surface area contributed by atoms with Gasteiger partial charge >= 0.3 is 0 Å². The van der Waals surface area contributed by atoms with Gasteiger partial charge in [0.2, 0.25) is 10.0 Å². The van der Waals surface area contributed by atoms with Gasteiger partial charge in [-0.15, -0.1) is 0 Å². The van der Waals surface area contributed by atoms with E-state index >= 15 is 0 Å². The Balaban J connectivity index is 1.73. The molecule has 2 heterocycles. The van der Waals surface area contributed by atoms with E-state index < -0.39 is 10.0 Å². The van der Waals surface area contributed by atoms with Crippen molar-refractivity contribution in [3.63, 3.8) is 0 Å². The van der Waals surface area contributed by atoms with E-state index in [1.54, 1.807) is 4.31 Å². The van der Waals surface area contributed by atoms with Crippen molar-refractivity contribution in [1.29, 1.82) is 0 Å². The maximum absolute atomic E-state index is 12.0. The van der Waals surface area contributed by atoms with E-state index in [0.717, 1.165) is 31.6 Å². The van der Waals surface area contributed by atoms with Gasteiger partial charge < -0.3 is 9.64 Å². The zero-order valence-corrected chi connectivity index (χ0v) is 16.7. The third-order valence-electron chi connectivity index (χ3n) is 5.60. The topological polar surface area (TPSA) is 49.9 Å². The van der Waals surface area contributed by atoms with Crippen LogP contribution in [-0.2, 0) is 16.4 Å². The van der Waals surface area contributed by atoms with Gasteiger partial charge in [0.1, 0.15) is 12.4 Å². The summed E-state index contributed by atoms with van der Waals surface area (Å²) < 4.78 is 31.5. The summed E-state index contributed by atoms with van der Waals surface area (Å²) in [5.74, 6) is 0.839. The Morgan fingerprint density at radius 1 is 1.00 bits per heavy atom. The Morgan fingerprint density at radius 2 is 1.77 bits per heavy atom. The van der Waals surface area contributed by atoms with E-state index in [1.165, 1.54) is 44.0 Å². The van der Waals surface area contributed by atoms with Crippen molar-refractivity contribution < 1.29 is 13.2 Å². The fourth-order valence-electron chi connectivity index (χ4n) is 4.12. The quantitative estimate of drug-likeness (QED) is 0.752. The molecule has 0 aromatic heterocycles. The fourth-order valence-corrected chi connectivity index (χ4v) is 4.98. The SMILES string of the molecule is CS(=O)(=O)N1CCCCN2CCCCC2CCc2cccc(c2)OCC1. The highest BCUT2D eigenvalue weighted by atomic mass is 32.2. The summed E-state index contributed by atoms with van der Waals surface area (Å²) in [5, 5.41) is 0. The van der Waals surface area contributed by atoms with Crippen molar-refractivity contribution in [1.82, 2.24) is 9.21 Å². The fraction of sp³-hybridized carbons (Fsp3) is 0.700. The second-order valence-electron chi connectivity index (χ2n) is 7.59. The van der Waals surface area contributed by atoms with E-state index in [1.807, 2.05) is 12.1 Å². The first-order valence-corrected chi connectivity index (χ1v) is 11.8. The lowest BCUT2D eigenvalue weighted by Crippen LogP contribution is -2.40. The molecule has 1 aromatic carbocycles. The summed E-state index contributed by atoms with van der Waals surface area (Å²) in [6.07, 6.45) is 9.42. The number of hydrogen-bond acceptors (Lipinski definition) is 4. The molecule has 1 atom stereocenters. The Hall–Kier alpha value is -1.11. The Kier molecular flexibility index (Phi) is 6.95. The first-order valence-electron chi connectivity index (χ1n) is 9.93. The van der Waals surface area contributed by atoms with Crippen molar-refractivity contribution in [2.75, 3.05) is 39.0 Å². The monoisotopic (exact) mass is 380 g/mol. The highest BCUT2D eigenvalue weighted by molar-refractivity contribution is 7.88. The standard InChI is InChI=1S/C20H32N2O3S/c1-26(23,24)22-14-5-4-13-21-12-3-2-8-19(21)11-10-18-7-6-9-20(17-18)25-16-15-22/h6-7,9,17,19H,2-5,8,10-16H2,1H3. The molecule has 2 bridgehead atoms. The van der Waals surface area contributed by atoms with Crippen LogP contribution in [0.15, 0.2) is 24.3 Å². The van der Waals surface area contributed by atoms with Gasteiger partial charge in [-0.2, -0.15) is 4.31 Å². The molecule has 0 aliphatic carbocycles. The molecule has 6 heteroatoms. The molecule has 0 spiro atoms. The van der Waals surface area contributed by atoms with Crippen LogP contribution in [0.4, 0.5) is 0 Å². The number of hydrogen-bond donors (Lipinski definition) is 0. The Bertz CT molecular complexity index is 677. The molecular weight excluding hydrogens is 348 g/mol. The molecule has 1 unspecified atom stereocenters. The van der Waals surface area contributed by atoms with Crippen LogP contribution in [0.5, 0.6) is 5.75 Å². The second-order valence-corrected chi connectivity index (χ2v) is 9.57. The molecule has 0 saturated carbocycles. The number of nitrogens with zero attached hydrogens (tertiary/aromatic N) is 2. The van der Waals surface area contributed by atoms with E-state index in [9.17, 15) is 8.42 Å². The molecule has 1 fully saturated rings. The predicted octanol–water partition coefficient (Wildman–Crippen LogP) is 2.91. The molecule has 2 aliphatic heterocycles. The molecule has 0 amide bonds. The van der Waals surface area contributed by atoms with Crippen LogP contribution < -0.4 is 4.74 Å². The number of benzene rings is 1. The molecular formula is C20H32N2O3S. The lowest BCUT2D eigenvalue weighted by Gasteiger charge is -2.36. The van der Waals surface area contributed by atoms with Crippen LogP contribution in [0, 0.1) is 0 Å². The zero-order chi connectivity index (χ0) is 18.4. The van der Waals surface area contributed by atoms with Crippen molar-refractivity contribution >= 4 is 10.0 Å². The van der Waals surface area contributed by atoms with Crippen LogP contribution in [0.2, 0.25) is 0 Å². The number of sulfonamides is 1. The van der Waals surface area contributed by atoms with Gasteiger partial charge in [0.05, 0.1) is 6.26 Å². The molecule has 3 rings (SSSR count). The summed E-state index contributed by atoms with van der Waals surface area (Å²) in [6, 6.07) is 8.93. The summed E-state index contributed by atoms with van der Waals surface area (Å²) in [7, 11) is -3.19. The third-order valence-corrected chi connectivity index (χ3v) is 6.90. The minimum atomic E-state index is -3.19. The van der Waals surface area contributed by atoms with Crippen molar-refractivity contribution in [2.45, 2.75) is 51.0 Å². The molecule has 1 saturated heterocycles. The van der Waals surface area contributed by atoms with Crippen molar-refractivity contribution in [2.24, 2.45) is 0 Å². The van der Waals surface area contributed by atoms with Gasteiger partial charge in [0, 0.05) is 19.1 Å². The smallest absolute Gasteiger partial charge is 0.211 e. The van der Waals surface area contributed by atoms with E-state index in [0.29, 0.717) is 25.7 Å². The van der Waals surface area contributed by atoms with Gasteiger partial charge in [0.25, 0.3) is 0 Å². The number of ether oxygens (including phenoxy) is 1. The first-order chi connectivity index (χ1) is 12.5. The lowest BCUT2D eigenvalue weighted by molar-refractivity contribution is 0.137. The van der Waals surface area contributed by atoms with Gasteiger partial charge in [-0.05, 0) is 69.3 Å². The summed E-state index contributed by atoms with van der Waals surface area (Å²) >= 11 is 0. The van der Waals surface area contributed by atoms with Gasteiger partial charge in [-0.25, -0.2) is 8.42 Å². The van der Waals surface area contributed by atoms with E-state index in [-0.39, 0.29) is 0 Å². The van der Waals surface area contributed by atoms with E-state index in [2.05, 4.69) is 17.0 Å². The van der Waals surface area contributed by atoms with Gasteiger partial charge in [0.15, 0.2) is 0 Å². The van der Waals surface area contributed by atoms with Crippen LogP contribution in [0.3, 0.4) is 0 Å². The maximum atomic E-state index is 12.0. The molecule has 5 nitrogen and oxygen atoms in total. The van der Waals surface area contributed by atoms with E-state index in [4.69, 9.17) is 4.74 Å². The minimum Gasteiger partial charge on any atom is -0.492 e. The average molecular weight is 381 g/mol. The molecule has 0 N–H and O–H groups in total. The number of rotatable bonds is 1. The largest absolute Gasteiger partial charge is 0.492 e. The number of aryl methyl sites for hydroxylation is 1. The molecule has 1 aromatic rings. The molecule has 26 heavy (non-hydrogen) atoms. The molecule has 0 radical (unpaired) electrons.